The highest BCUT2D eigenvalue weighted by atomic mass is 79.9. The van der Waals surface area contributed by atoms with Crippen LogP contribution in [0.25, 0.3) is 0 Å². The second kappa shape index (κ2) is 6.45. The molecule has 2 nitrogen and oxygen atoms in total. The number of hydrogen-bond donors (Lipinski definition) is 1. The van der Waals surface area contributed by atoms with Crippen LogP contribution in [0.3, 0.4) is 0 Å². The third-order valence-electron chi connectivity index (χ3n) is 2.84. The summed E-state index contributed by atoms with van der Waals surface area (Å²) in [6, 6.07) is 7.72. The van der Waals surface area contributed by atoms with Crippen molar-refractivity contribution in [2.45, 2.75) is 19.3 Å². The van der Waals surface area contributed by atoms with Gasteiger partial charge in [-0.05, 0) is 48.5 Å². The predicted molar refractivity (Wildman–Crippen MR) is 77.4 cm³/mol. The maximum Gasteiger partial charge on any atom is 0.224 e. The minimum Gasteiger partial charge on any atom is -0.326 e. The van der Waals surface area contributed by atoms with Crippen molar-refractivity contribution in [2.75, 3.05) is 16.8 Å². The molecule has 92 valence electrons. The van der Waals surface area contributed by atoms with E-state index in [2.05, 4.69) is 21.2 Å². The summed E-state index contributed by atoms with van der Waals surface area (Å²) in [6.07, 6.45) is 3.10. The fourth-order valence-corrected chi connectivity index (χ4v) is 3.56. The quantitative estimate of drug-likeness (QED) is 0.916. The Morgan fingerprint density at radius 2 is 2.41 bits per heavy atom. The summed E-state index contributed by atoms with van der Waals surface area (Å²) in [7, 11) is 0. The molecule has 1 saturated heterocycles. The van der Waals surface area contributed by atoms with Gasteiger partial charge in [0.2, 0.25) is 5.91 Å². The number of benzene rings is 1. The van der Waals surface area contributed by atoms with Gasteiger partial charge in [-0.2, -0.15) is 11.8 Å². The number of hydrogen-bond acceptors (Lipinski definition) is 2. The molecule has 0 aliphatic carbocycles. The van der Waals surface area contributed by atoms with Crippen LogP contribution < -0.4 is 5.32 Å². The Kier molecular flexibility index (Phi) is 4.92. The molecule has 17 heavy (non-hydrogen) atoms. The molecule has 1 aliphatic heterocycles. The van der Waals surface area contributed by atoms with Crippen LogP contribution in [0.2, 0.25) is 0 Å². The molecule has 0 spiro atoms. The van der Waals surface area contributed by atoms with Gasteiger partial charge in [0, 0.05) is 16.6 Å². The summed E-state index contributed by atoms with van der Waals surface area (Å²) >= 11 is 5.36. The van der Waals surface area contributed by atoms with E-state index in [0.29, 0.717) is 12.3 Å². The van der Waals surface area contributed by atoms with Gasteiger partial charge in [0.05, 0.1) is 0 Å². The van der Waals surface area contributed by atoms with Crippen LogP contribution in [0, 0.1) is 5.92 Å². The molecule has 0 aromatic heterocycles. The third-order valence-corrected chi connectivity index (χ3v) is 4.61. The van der Waals surface area contributed by atoms with Gasteiger partial charge >= 0.3 is 0 Å². The zero-order valence-corrected chi connectivity index (χ0v) is 12.0. The first kappa shape index (κ1) is 13.0. The summed E-state index contributed by atoms with van der Waals surface area (Å²) in [5.41, 5.74) is 0.868. The van der Waals surface area contributed by atoms with Crippen molar-refractivity contribution < 1.29 is 4.79 Å². The second-order valence-electron chi connectivity index (χ2n) is 4.35. The normalized spacial score (nSPS) is 19.9. The summed E-state index contributed by atoms with van der Waals surface area (Å²) < 4.78 is 0.989. The fourth-order valence-electron chi connectivity index (χ4n) is 2.01. The van der Waals surface area contributed by atoms with Crippen molar-refractivity contribution in [1.29, 1.82) is 0 Å². The minimum absolute atomic E-state index is 0.135. The van der Waals surface area contributed by atoms with Crippen LogP contribution in [-0.4, -0.2) is 17.4 Å². The van der Waals surface area contributed by atoms with Crippen LogP contribution in [0.1, 0.15) is 19.3 Å². The first-order valence-corrected chi connectivity index (χ1v) is 7.82. The average molecular weight is 314 g/mol. The van der Waals surface area contributed by atoms with Crippen LogP contribution in [0.4, 0.5) is 5.69 Å². The van der Waals surface area contributed by atoms with E-state index in [1.54, 1.807) is 0 Å². The molecule has 1 aromatic carbocycles. The monoisotopic (exact) mass is 313 g/mol. The molecule has 1 fully saturated rings. The second-order valence-corrected chi connectivity index (χ2v) is 6.41. The number of halogens is 1. The Morgan fingerprint density at radius 1 is 1.53 bits per heavy atom. The molecule has 1 atom stereocenters. The highest BCUT2D eigenvalue weighted by Gasteiger charge is 2.17. The summed E-state index contributed by atoms with van der Waals surface area (Å²) in [6.45, 7) is 0. The van der Waals surface area contributed by atoms with Gasteiger partial charge in [0.15, 0.2) is 0 Å². The number of amides is 1. The molecule has 0 radical (unpaired) electrons. The molecule has 1 N–H and O–H groups in total. The predicted octanol–water partition coefficient (Wildman–Crippen LogP) is 3.92. The highest BCUT2D eigenvalue weighted by molar-refractivity contribution is 9.10. The van der Waals surface area contributed by atoms with Crippen molar-refractivity contribution in [3.63, 3.8) is 0 Å². The largest absolute Gasteiger partial charge is 0.326 e. The van der Waals surface area contributed by atoms with Crippen LogP contribution >= 0.6 is 27.7 Å². The fraction of sp³-hybridized carbons (Fsp3) is 0.462. The Balaban J connectivity index is 1.84. The van der Waals surface area contributed by atoms with E-state index in [4.69, 9.17) is 0 Å². The Morgan fingerprint density at radius 3 is 3.12 bits per heavy atom. The lowest BCUT2D eigenvalue weighted by Crippen LogP contribution is -2.20. The number of anilines is 1. The summed E-state index contributed by atoms with van der Waals surface area (Å²) in [5.74, 6) is 3.08. The maximum absolute atomic E-state index is 11.9. The van der Waals surface area contributed by atoms with E-state index >= 15 is 0 Å². The molecule has 1 aliphatic rings. The van der Waals surface area contributed by atoms with E-state index in [9.17, 15) is 4.79 Å². The number of nitrogens with one attached hydrogen (secondary N) is 1. The SMILES string of the molecule is O=C(CC1CCCSC1)Nc1cccc(Br)c1. The van der Waals surface area contributed by atoms with Gasteiger partial charge < -0.3 is 5.32 Å². The maximum atomic E-state index is 11.9. The zero-order chi connectivity index (χ0) is 12.1. The average Bonchev–Trinajstić information content (AvgIpc) is 2.30. The number of thioether (sulfide) groups is 1. The van der Waals surface area contributed by atoms with Gasteiger partial charge in [-0.3, -0.25) is 4.79 Å². The number of rotatable bonds is 3. The molecule has 4 heteroatoms. The lowest BCUT2D eigenvalue weighted by molar-refractivity contribution is -0.117. The molecule has 0 bridgehead atoms. The zero-order valence-electron chi connectivity index (χ0n) is 9.62. The highest BCUT2D eigenvalue weighted by Crippen LogP contribution is 2.25. The smallest absolute Gasteiger partial charge is 0.224 e. The van der Waals surface area contributed by atoms with Gasteiger partial charge in [0.25, 0.3) is 0 Å². The molecular weight excluding hydrogens is 298 g/mol. The molecule has 0 saturated carbocycles. The molecule has 1 amide bonds. The first-order chi connectivity index (χ1) is 8.24. The molecule has 1 aromatic rings. The Hall–Kier alpha value is -0.480. The summed E-state index contributed by atoms with van der Waals surface area (Å²) in [4.78, 5) is 11.9. The molecule has 1 unspecified atom stereocenters. The van der Waals surface area contributed by atoms with Crippen molar-refractivity contribution in [3.8, 4) is 0 Å². The Labute approximate surface area is 115 Å². The molecular formula is C13H16BrNOS. The topological polar surface area (TPSA) is 29.1 Å². The van der Waals surface area contributed by atoms with E-state index in [0.717, 1.165) is 15.9 Å². The van der Waals surface area contributed by atoms with E-state index in [-0.39, 0.29) is 5.91 Å². The lowest BCUT2D eigenvalue weighted by Gasteiger charge is -2.20. The van der Waals surface area contributed by atoms with Gasteiger partial charge in [-0.1, -0.05) is 22.0 Å². The van der Waals surface area contributed by atoms with Gasteiger partial charge in [0.1, 0.15) is 0 Å². The van der Waals surface area contributed by atoms with Crippen molar-refractivity contribution in [2.24, 2.45) is 5.92 Å². The van der Waals surface area contributed by atoms with Gasteiger partial charge in [-0.25, -0.2) is 0 Å². The van der Waals surface area contributed by atoms with Crippen LogP contribution in [-0.2, 0) is 4.79 Å². The molecule has 2 rings (SSSR count). The third kappa shape index (κ3) is 4.36. The van der Waals surface area contributed by atoms with E-state index in [1.807, 2.05) is 36.0 Å². The standard InChI is InChI=1S/C13H16BrNOS/c14-11-4-1-5-12(8-11)15-13(16)7-10-3-2-6-17-9-10/h1,4-5,8,10H,2-3,6-7,9H2,(H,15,16). The van der Waals surface area contributed by atoms with Crippen molar-refractivity contribution >= 4 is 39.3 Å². The van der Waals surface area contributed by atoms with Crippen LogP contribution in [0.15, 0.2) is 28.7 Å². The minimum atomic E-state index is 0.135. The van der Waals surface area contributed by atoms with Crippen LogP contribution in [0.5, 0.6) is 0 Å². The van der Waals surface area contributed by atoms with E-state index in [1.165, 1.54) is 18.6 Å². The van der Waals surface area contributed by atoms with E-state index < -0.39 is 0 Å². The first-order valence-electron chi connectivity index (χ1n) is 5.87. The number of carbonyl (C=O) groups is 1. The van der Waals surface area contributed by atoms with Crippen molar-refractivity contribution in [1.82, 2.24) is 0 Å². The van der Waals surface area contributed by atoms with Gasteiger partial charge in [-0.15, -0.1) is 0 Å². The molecule has 1 heterocycles. The number of carbonyl (C=O) groups excluding carboxylic acids is 1. The van der Waals surface area contributed by atoms with Crippen molar-refractivity contribution in [3.05, 3.63) is 28.7 Å². The lowest BCUT2D eigenvalue weighted by atomic mass is 10.0. The summed E-state index contributed by atoms with van der Waals surface area (Å²) in [5, 5.41) is 2.95. The Bertz CT molecular complexity index is 391.